The lowest BCUT2D eigenvalue weighted by Crippen LogP contribution is -2.06. The first kappa shape index (κ1) is 27.3. The number of imidazole rings is 2. The maximum absolute atomic E-state index is 9.30. The van der Waals surface area contributed by atoms with Crippen molar-refractivity contribution in [2.75, 3.05) is 7.11 Å². The van der Waals surface area contributed by atoms with Crippen LogP contribution in [0.1, 0.15) is 37.3 Å². The fraction of sp³-hybridized carbons (Fsp3) is 0.152. The molecule has 0 saturated heterocycles. The summed E-state index contributed by atoms with van der Waals surface area (Å²) in [4.78, 5) is 17.2. The first-order valence-corrected chi connectivity index (χ1v) is 13.3. The average Bonchev–Trinajstić information content (AvgIpc) is 3.77. The number of methoxy groups -OCH3 is 1. The predicted molar refractivity (Wildman–Crippen MR) is 160 cm³/mol. The Bertz CT molecular complexity index is 1610. The number of aromatic nitrogens is 6. The number of ether oxygens (including phenoxy) is 1. The number of hydrogen-bond acceptors (Lipinski definition) is 6. The van der Waals surface area contributed by atoms with E-state index in [0.29, 0.717) is 0 Å². The van der Waals surface area contributed by atoms with Gasteiger partial charge in [-0.05, 0) is 61.4 Å². The number of aromatic hydroxyl groups is 1. The van der Waals surface area contributed by atoms with Gasteiger partial charge in [0, 0.05) is 48.3 Å². The van der Waals surface area contributed by atoms with Crippen LogP contribution in [0.25, 0.3) is 22.3 Å². The van der Waals surface area contributed by atoms with Crippen molar-refractivity contribution in [1.82, 2.24) is 29.1 Å². The Hall–Kier alpha value is -5.24. The second-order valence-electron chi connectivity index (χ2n) is 9.59. The molecule has 4 aromatic heterocycles. The maximum Gasteiger partial charge on any atom is 0.118 e. The average molecular weight is 545 g/mol. The fourth-order valence-electron chi connectivity index (χ4n) is 4.39. The lowest BCUT2D eigenvalue weighted by molar-refractivity contribution is 0.415. The van der Waals surface area contributed by atoms with Crippen LogP contribution in [0.2, 0.25) is 0 Å². The van der Waals surface area contributed by atoms with Gasteiger partial charge in [-0.3, -0.25) is 9.97 Å². The SMILES string of the molecule is CC(c1ccc(-c2ccc(O)cc2)cn1)n1ccnc1.COc1ccc(-c2ccc(C(C)n3ccnc3)nc2)cc1. The van der Waals surface area contributed by atoms with Crippen LogP contribution in [-0.4, -0.2) is 41.3 Å². The van der Waals surface area contributed by atoms with Gasteiger partial charge in [0.05, 0.1) is 43.2 Å². The minimum Gasteiger partial charge on any atom is -0.508 e. The van der Waals surface area contributed by atoms with Gasteiger partial charge in [-0.1, -0.05) is 36.4 Å². The zero-order valence-electron chi connectivity index (χ0n) is 23.2. The first-order chi connectivity index (χ1) is 20.0. The monoisotopic (exact) mass is 544 g/mol. The third-order valence-electron chi connectivity index (χ3n) is 7.00. The number of phenols is 1. The summed E-state index contributed by atoms with van der Waals surface area (Å²) in [5.74, 6) is 1.13. The Morgan fingerprint density at radius 3 is 1.41 bits per heavy atom. The Morgan fingerprint density at radius 1 is 0.610 bits per heavy atom. The molecule has 8 nitrogen and oxygen atoms in total. The van der Waals surface area contributed by atoms with Gasteiger partial charge in [0.15, 0.2) is 0 Å². The van der Waals surface area contributed by atoms with Crippen molar-refractivity contribution in [3.05, 3.63) is 134 Å². The molecule has 41 heavy (non-hydrogen) atoms. The lowest BCUT2D eigenvalue weighted by atomic mass is 10.1. The van der Waals surface area contributed by atoms with E-state index in [1.165, 1.54) is 0 Å². The van der Waals surface area contributed by atoms with Crippen molar-refractivity contribution in [2.45, 2.75) is 25.9 Å². The van der Waals surface area contributed by atoms with Gasteiger partial charge in [0.1, 0.15) is 11.5 Å². The minimum atomic E-state index is 0.159. The summed E-state index contributed by atoms with van der Waals surface area (Å²) in [5.41, 5.74) is 6.31. The van der Waals surface area contributed by atoms with Crippen LogP contribution in [0, 0.1) is 0 Å². The van der Waals surface area contributed by atoms with Gasteiger partial charge in [-0.25, -0.2) is 9.97 Å². The Kier molecular flexibility index (Phi) is 8.49. The van der Waals surface area contributed by atoms with Crippen molar-refractivity contribution >= 4 is 0 Å². The van der Waals surface area contributed by atoms with Crippen molar-refractivity contribution < 1.29 is 9.84 Å². The van der Waals surface area contributed by atoms with Gasteiger partial charge in [-0.15, -0.1) is 0 Å². The Morgan fingerprint density at radius 2 is 1.05 bits per heavy atom. The zero-order chi connectivity index (χ0) is 28.6. The van der Waals surface area contributed by atoms with E-state index < -0.39 is 0 Å². The van der Waals surface area contributed by atoms with Gasteiger partial charge in [0.2, 0.25) is 0 Å². The summed E-state index contributed by atoms with van der Waals surface area (Å²) in [6, 6.07) is 23.7. The van der Waals surface area contributed by atoms with Gasteiger partial charge in [0.25, 0.3) is 0 Å². The number of phenolic OH excluding ortho intramolecular Hbond substituents is 1. The normalized spacial score (nSPS) is 12.2. The summed E-state index contributed by atoms with van der Waals surface area (Å²) in [6.07, 6.45) is 14.8. The van der Waals surface area contributed by atoms with Crippen LogP contribution in [-0.2, 0) is 0 Å². The summed E-state index contributed by atoms with van der Waals surface area (Å²) >= 11 is 0. The van der Waals surface area contributed by atoms with Crippen LogP contribution < -0.4 is 4.74 Å². The van der Waals surface area contributed by atoms with Gasteiger partial charge in [-0.2, -0.15) is 0 Å². The second-order valence-corrected chi connectivity index (χ2v) is 9.59. The van der Waals surface area contributed by atoms with E-state index in [1.807, 2.05) is 88.8 Å². The highest BCUT2D eigenvalue weighted by molar-refractivity contribution is 5.64. The molecule has 0 aliphatic heterocycles. The molecule has 0 aliphatic rings. The fourth-order valence-corrected chi connectivity index (χ4v) is 4.39. The van der Waals surface area contributed by atoms with E-state index in [1.54, 1.807) is 38.0 Å². The maximum atomic E-state index is 9.30. The molecule has 0 saturated carbocycles. The Balaban J connectivity index is 0.000000165. The Labute approximate surface area is 239 Å². The molecular formula is C33H32N6O2. The molecule has 0 aliphatic carbocycles. The molecular weight excluding hydrogens is 512 g/mol. The highest BCUT2D eigenvalue weighted by Crippen LogP contribution is 2.25. The number of hydrogen-bond donors (Lipinski definition) is 1. The van der Waals surface area contributed by atoms with E-state index in [4.69, 9.17) is 4.74 Å². The topological polar surface area (TPSA) is 90.9 Å². The van der Waals surface area contributed by atoms with Crippen LogP contribution in [0.15, 0.2) is 123 Å². The van der Waals surface area contributed by atoms with Crippen LogP contribution in [0.5, 0.6) is 11.5 Å². The summed E-state index contributed by atoms with van der Waals surface area (Å²) in [6.45, 7) is 4.20. The standard InChI is InChI=1S/C17H17N3O.C16H15N3O/c1-13(20-10-9-18-12-20)17-8-5-15(11-19-17)14-3-6-16(21-2)7-4-14;1-12(19-9-8-17-11-19)16-7-4-14(10-18-16)13-2-5-15(20)6-3-13/h3-13H,1-2H3;2-12,20H,1H3. The molecule has 0 amide bonds. The molecule has 0 fully saturated rings. The molecule has 0 radical (unpaired) electrons. The van der Waals surface area contributed by atoms with E-state index in [0.717, 1.165) is 39.4 Å². The second kappa shape index (κ2) is 12.7. The molecule has 6 aromatic rings. The largest absolute Gasteiger partial charge is 0.508 e. The molecule has 2 atom stereocenters. The summed E-state index contributed by atoms with van der Waals surface area (Å²) < 4.78 is 9.23. The van der Waals surface area contributed by atoms with Crippen molar-refractivity contribution in [3.8, 4) is 33.8 Å². The molecule has 2 unspecified atom stereocenters. The van der Waals surface area contributed by atoms with E-state index in [-0.39, 0.29) is 17.8 Å². The molecule has 4 heterocycles. The number of rotatable bonds is 7. The summed E-state index contributed by atoms with van der Waals surface area (Å²) in [7, 11) is 1.67. The molecule has 2 aromatic carbocycles. The quantitative estimate of drug-likeness (QED) is 0.237. The van der Waals surface area contributed by atoms with Gasteiger partial charge < -0.3 is 19.0 Å². The molecule has 0 spiro atoms. The van der Waals surface area contributed by atoms with E-state index in [2.05, 4.69) is 45.9 Å². The molecule has 0 bridgehead atoms. The molecule has 6 rings (SSSR count). The third kappa shape index (κ3) is 6.67. The van der Waals surface area contributed by atoms with Crippen molar-refractivity contribution in [3.63, 3.8) is 0 Å². The smallest absolute Gasteiger partial charge is 0.118 e. The van der Waals surface area contributed by atoms with E-state index >= 15 is 0 Å². The third-order valence-corrected chi connectivity index (χ3v) is 7.00. The van der Waals surface area contributed by atoms with E-state index in [9.17, 15) is 5.11 Å². The minimum absolute atomic E-state index is 0.159. The molecule has 1 N–H and O–H groups in total. The number of nitrogens with zero attached hydrogens (tertiary/aromatic N) is 6. The highest BCUT2D eigenvalue weighted by atomic mass is 16.5. The molecule has 8 heteroatoms. The van der Waals surface area contributed by atoms with Crippen LogP contribution >= 0.6 is 0 Å². The number of benzene rings is 2. The lowest BCUT2D eigenvalue weighted by Gasteiger charge is -2.13. The molecule has 206 valence electrons. The van der Waals surface area contributed by atoms with Crippen LogP contribution in [0.3, 0.4) is 0 Å². The zero-order valence-corrected chi connectivity index (χ0v) is 23.2. The number of pyridine rings is 2. The van der Waals surface area contributed by atoms with Crippen LogP contribution in [0.4, 0.5) is 0 Å². The van der Waals surface area contributed by atoms with Crippen molar-refractivity contribution in [1.29, 1.82) is 0 Å². The van der Waals surface area contributed by atoms with Crippen molar-refractivity contribution in [2.24, 2.45) is 0 Å². The summed E-state index contributed by atoms with van der Waals surface area (Å²) in [5, 5.41) is 9.30. The van der Waals surface area contributed by atoms with Gasteiger partial charge >= 0.3 is 0 Å². The highest BCUT2D eigenvalue weighted by Gasteiger charge is 2.10. The first-order valence-electron chi connectivity index (χ1n) is 13.3. The predicted octanol–water partition coefficient (Wildman–Crippen LogP) is 6.82.